The Morgan fingerprint density at radius 3 is 1.21 bits per heavy atom. The van der Waals surface area contributed by atoms with Crippen molar-refractivity contribution in [3.05, 3.63) is 24.3 Å². The van der Waals surface area contributed by atoms with Crippen LogP contribution in [0.2, 0.25) is 0 Å². The third-order valence-corrected chi connectivity index (χ3v) is 4.58. The first-order valence-corrected chi connectivity index (χ1v) is 11.2. The minimum absolute atomic E-state index is 0.0297. The molecule has 0 saturated carbocycles. The van der Waals surface area contributed by atoms with E-state index in [1.807, 2.05) is 41.5 Å². The summed E-state index contributed by atoms with van der Waals surface area (Å²) in [6.45, 7) is 22.4. The zero-order valence-electron chi connectivity index (χ0n) is 22.0. The molecule has 34 heavy (non-hydrogen) atoms. The van der Waals surface area contributed by atoms with Gasteiger partial charge in [-0.1, -0.05) is 13.2 Å². The Bertz CT molecular complexity index is 700. The molecule has 0 saturated heterocycles. The average molecular weight is 483 g/mol. The van der Waals surface area contributed by atoms with Gasteiger partial charge in [0.25, 0.3) is 0 Å². The molecule has 0 atom stereocenters. The van der Waals surface area contributed by atoms with E-state index in [1.165, 1.54) is 0 Å². The molecule has 0 radical (unpaired) electrons. The van der Waals surface area contributed by atoms with Crippen LogP contribution in [0.1, 0.15) is 55.4 Å². The van der Waals surface area contributed by atoms with E-state index >= 15 is 0 Å². The van der Waals surface area contributed by atoms with Crippen molar-refractivity contribution in [2.75, 3.05) is 39.4 Å². The van der Waals surface area contributed by atoms with Crippen LogP contribution < -0.4 is 10.6 Å². The van der Waals surface area contributed by atoms with Gasteiger partial charge in [0.15, 0.2) is 0 Å². The smallest absolute Gasteiger partial charge is 0.333 e. The van der Waals surface area contributed by atoms with Crippen LogP contribution in [0, 0.1) is 0 Å². The second-order valence-electron chi connectivity index (χ2n) is 9.94. The Hall–Kier alpha value is -3.04. The molecule has 0 unspecified atom stereocenters. The number of esters is 2. The number of nitrogens with one attached hydrogen (secondary N) is 2. The van der Waals surface area contributed by atoms with Crippen molar-refractivity contribution in [2.24, 2.45) is 0 Å². The third-order valence-electron chi connectivity index (χ3n) is 4.58. The lowest BCUT2D eigenvalue weighted by atomic mass is 10.0. The molecule has 0 bridgehead atoms. The minimum atomic E-state index is -0.519. The standard InChI is InChI=1S/C24H42N4O6/c1-17(2)19(29)33-15-11-25-21(31)27(23(5,6)7)13-14-28(24(8,9)10)22(32)26-12-16-34-20(30)18(3)4/h1,3,11-16H2,2,4-10H3,(H,25,31)(H,26,32). The summed E-state index contributed by atoms with van der Waals surface area (Å²) < 4.78 is 10.00. The summed E-state index contributed by atoms with van der Waals surface area (Å²) in [4.78, 5) is 51.8. The predicted octanol–water partition coefficient (Wildman–Crippen LogP) is 2.85. The molecule has 10 heteroatoms. The summed E-state index contributed by atoms with van der Waals surface area (Å²) in [5.74, 6) is -1.02. The van der Waals surface area contributed by atoms with Crippen molar-refractivity contribution in [1.82, 2.24) is 20.4 Å². The molecule has 0 aliphatic rings. The molecule has 0 aromatic rings. The number of carbonyl (C=O) groups excluding carboxylic acids is 4. The molecule has 10 nitrogen and oxygen atoms in total. The quantitative estimate of drug-likeness (QED) is 0.266. The number of amides is 4. The second kappa shape index (κ2) is 13.6. The van der Waals surface area contributed by atoms with Crippen LogP contribution in [0.4, 0.5) is 9.59 Å². The van der Waals surface area contributed by atoms with Gasteiger partial charge in [-0.15, -0.1) is 0 Å². The molecular weight excluding hydrogens is 440 g/mol. The van der Waals surface area contributed by atoms with Crippen molar-refractivity contribution in [3.8, 4) is 0 Å². The summed E-state index contributed by atoms with van der Waals surface area (Å²) in [7, 11) is 0. The minimum Gasteiger partial charge on any atom is -0.460 e. The third kappa shape index (κ3) is 11.7. The first kappa shape index (κ1) is 31.0. The van der Waals surface area contributed by atoms with Gasteiger partial charge in [0, 0.05) is 35.3 Å². The first-order chi connectivity index (χ1) is 15.5. The normalized spacial score (nSPS) is 11.2. The molecule has 0 fully saturated rings. The van der Waals surface area contributed by atoms with Gasteiger partial charge < -0.3 is 29.9 Å². The lowest BCUT2D eigenvalue weighted by Crippen LogP contribution is -2.57. The first-order valence-electron chi connectivity index (χ1n) is 11.2. The highest BCUT2D eigenvalue weighted by atomic mass is 16.5. The topological polar surface area (TPSA) is 117 Å². The summed E-state index contributed by atoms with van der Waals surface area (Å²) in [5, 5.41) is 5.48. The highest BCUT2D eigenvalue weighted by Crippen LogP contribution is 2.17. The Labute approximate surface area is 203 Å². The highest BCUT2D eigenvalue weighted by molar-refractivity contribution is 5.87. The molecule has 0 heterocycles. The van der Waals surface area contributed by atoms with E-state index in [0.717, 1.165) is 0 Å². The average Bonchev–Trinajstić information content (AvgIpc) is 2.68. The van der Waals surface area contributed by atoms with Gasteiger partial charge in [-0.3, -0.25) is 0 Å². The molecule has 0 spiro atoms. The number of ether oxygens (including phenoxy) is 2. The van der Waals surface area contributed by atoms with Gasteiger partial charge in [-0.25, -0.2) is 19.2 Å². The summed E-state index contributed by atoms with van der Waals surface area (Å²) in [6.07, 6.45) is 0. The number of hydrogen-bond acceptors (Lipinski definition) is 6. The molecule has 0 rings (SSSR count). The van der Waals surface area contributed by atoms with E-state index in [1.54, 1.807) is 23.6 Å². The fraction of sp³-hybridized carbons (Fsp3) is 0.667. The molecule has 4 amide bonds. The van der Waals surface area contributed by atoms with Gasteiger partial charge in [0.1, 0.15) is 13.2 Å². The molecule has 0 aliphatic carbocycles. The van der Waals surface area contributed by atoms with Crippen LogP contribution in [0.25, 0.3) is 0 Å². The van der Waals surface area contributed by atoms with Crippen LogP contribution in [0.5, 0.6) is 0 Å². The Balaban J connectivity index is 4.99. The second-order valence-corrected chi connectivity index (χ2v) is 9.94. The lowest BCUT2D eigenvalue weighted by molar-refractivity contribution is -0.139. The van der Waals surface area contributed by atoms with Crippen molar-refractivity contribution in [3.63, 3.8) is 0 Å². The fourth-order valence-electron chi connectivity index (χ4n) is 2.72. The number of carbonyl (C=O) groups is 4. The van der Waals surface area contributed by atoms with Crippen LogP contribution >= 0.6 is 0 Å². The zero-order chi connectivity index (χ0) is 26.7. The van der Waals surface area contributed by atoms with Gasteiger partial charge in [-0.05, 0) is 55.4 Å². The van der Waals surface area contributed by atoms with E-state index in [-0.39, 0.29) is 62.6 Å². The highest BCUT2D eigenvalue weighted by Gasteiger charge is 2.31. The van der Waals surface area contributed by atoms with Crippen molar-refractivity contribution < 1.29 is 28.7 Å². The van der Waals surface area contributed by atoms with Gasteiger partial charge in [0.2, 0.25) is 0 Å². The van der Waals surface area contributed by atoms with Gasteiger partial charge >= 0.3 is 24.0 Å². The summed E-state index contributed by atoms with van der Waals surface area (Å²) in [6, 6.07) is -0.667. The predicted molar refractivity (Wildman–Crippen MR) is 131 cm³/mol. The Kier molecular flexibility index (Phi) is 12.4. The number of urea groups is 2. The monoisotopic (exact) mass is 482 g/mol. The molecule has 0 aromatic heterocycles. The maximum Gasteiger partial charge on any atom is 0.333 e. The van der Waals surface area contributed by atoms with E-state index < -0.39 is 23.0 Å². The lowest BCUT2D eigenvalue weighted by Gasteiger charge is -2.40. The maximum absolute atomic E-state index is 12.8. The Morgan fingerprint density at radius 2 is 0.971 bits per heavy atom. The van der Waals surface area contributed by atoms with Crippen LogP contribution in [-0.4, -0.2) is 84.3 Å². The van der Waals surface area contributed by atoms with Gasteiger partial charge in [0.05, 0.1) is 13.1 Å². The maximum atomic E-state index is 12.8. The molecule has 194 valence electrons. The van der Waals surface area contributed by atoms with E-state index in [0.29, 0.717) is 0 Å². The molecule has 0 aromatic carbocycles. The summed E-state index contributed by atoms with van der Waals surface area (Å²) in [5.41, 5.74) is -0.459. The Morgan fingerprint density at radius 1 is 0.676 bits per heavy atom. The van der Waals surface area contributed by atoms with E-state index in [2.05, 4.69) is 23.8 Å². The number of hydrogen-bond donors (Lipinski definition) is 2. The largest absolute Gasteiger partial charge is 0.460 e. The summed E-state index contributed by atoms with van der Waals surface area (Å²) >= 11 is 0. The van der Waals surface area contributed by atoms with Crippen LogP contribution in [-0.2, 0) is 19.1 Å². The fourth-order valence-corrected chi connectivity index (χ4v) is 2.72. The van der Waals surface area contributed by atoms with Gasteiger partial charge in [-0.2, -0.15) is 0 Å². The van der Waals surface area contributed by atoms with E-state index in [9.17, 15) is 19.2 Å². The van der Waals surface area contributed by atoms with Crippen molar-refractivity contribution in [2.45, 2.75) is 66.5 Å². The zero-order valence-corrected chi connectivity index (χ0v) is 22.0. The van der Waals surface area contributed by atoms with Crippen molar-refractivity contribution >= 4 is 24.0 Å². The number of nitrogens with zero attached hydrogens (tertiary/aromatic N) is 2. The van der Waals surface area contributed by atoms with Crippen molar-refractivity contribution in [1.29, 1.82) is 0 Å². The van der Waals surface area contributed by atoms with E-state index in [4.69, 9.17) is 9.47 Å². The van der Waals surface area contributed by atoms with Crippen LogP contribution in [0.3, 0.4) is 0 Å². The van der Waals surface area contributed by atoms with Crippen LogP contribution in [0.15, 0.2) is 24.3 Å². The number of rotatable bonds is 11. The molecular formula is C24H42N4O6. The molecule has 2 N–H and O–H groups in total. The molecule has 0 aliphatic heterocycles. The SMILES string of the molecule is C=C(C)C(=O)OCCNC(=O)N(CCN(C(=O)NCCOC(=O)C(=C)C)C(C)(C)C)C(C)(C)C.